The molecular weight excluding hydrogens is 485 g/mol. The zero-order valence-electron chi connectivity index (χ0n) is 20.5. The Kier molecular flexibility index (Phi) is 8.26. The van der Waals surface area contributed by atoms with E-state index in [4.69, 9.17) is 4.74 Å². The molecule has 0 aliphatic carbocycles. The zero-order valence-corrected chi connectivity index (χ0v) is 21.3. The molecule has 1 unspecified atom stereocenters. The predicted octanol–water partition coefficient (Wildman–Crippen LogP) is 3.24. The second-order valence-corrected chi connectivity index (χ2v) is 12.0. The van der Waals surface area contributed by atoms with Gasteiger partial charge in [0.05, 0.1) is 6.61 Å². The highest BCUT2D eigenvalue weighted by Gasteiger charge is 2.41. The quantitative estimate of drug-likeness (QED) is 0.555. The van der Waals surface area contributed by atoms with Gasteiger partial charge in [-0.15, -0.1) is 0 Å². The number of hydrogen-bond acceptors (Lipinski definition) is 6. The minimum atomic E-state index is -3.70. The molecule has 0 aromatic heterocycles. The molecule has 4 rings (SSSR count). The number of Topliss-reactive ketones (excluding diaryl/α,β-unsaturated/α-hetero) is 1. The molecule has 0 spiro atoms. The van der Waals surface area contributed by atoms with Crippen LogP contribution in [-0.4, -0.2) is 60.7 Å². The number of ketones is 1. The maximum atomic E-state index is 15.5. The number of benzene rings is 2. The summed E-state index contributed by atoms with van der Waals surface area (Å²) in [4.78, 5) is 12.5. The van der Waals surface area contributed by atoms with Crippen molar-refractivity contribution in [2.45, 2.75) is 68.4 Å². The molecule has 0 saturated carbocycles. The van der Waals surface area contributed by atoms with Crippen molar-refractivity contribution in [2.75, 3.05) is 19.8 Å². The minimum absolute atomic E-state index is 0.0346. The third-order valence-electron chi connectivity index (χ3n) is 7.69. The van der Waals surface area contributed by atoms with Crippen LogP contribution < -0.4 is 0 Å². The number of aliphatic hydroxyl groups is 2. The molecule has 2 saturated heterocycles. The summed E-state index contributed by atoms with van der Waals surface area (Å²) in [5, 5.41) is 18.3. The normalized spacial score (nSPS) is 24.8. The fraction of sp³-hybridized carbons (Fsp3) is 0.519. The van der Waals surface area contributed by atoms with Crippen molar-refractivity contribution in [1.29, 1.82) is 0 Å². The van der Waals surface area contributed by atoms with Crippen molar-refractivity contribution in [3.05, 3.63) is 71.0 Å². The highest BCUT2D eigenvalue weighted by molar-refractivity contribution is 7.89. The molecule has 2 aromatic rings. The van der Waals surface area contributed by atoms with Gasteiger partial charge in [-0.3, -0.25) is 4.79 Å². The van der Waals surface area contributed by atoms with Gasteiger partial charge in [0.15, 0.2) is 5.78 Å². The molecule has 36 heavy (non-hydrogen) atoms. The van der Waals surface area contributed by atoms with Crippen LogP contribution in [0.25, 0.3) is 0 Å². The predicted molar refractivity (Wildman–Crippen MR) is 133 cm³/mol. The second-order valence-electron chi connectivity index (χ2n) is 9.96. The van der Waals surface area contributed by atoms with Crippen molar-refractivity contribution >= 4 is 15.8 Å². The van der Waals surface area contributed by atoms with Crippen LogP contribution in [0.3, 0.4) is 0 Å². The van der Waals surface area contributed by atoms with Gasteiger partial charge in [0.25, 0.3) is 0 Å². The summed E-state index contributed by atoms with van der Waals surface area (Å²) in [7, 11) is -3.70. The van der Waals surface area contributed by atoms with Gasteiger partial charge < -0.3 is 14.9 Å². The number of nitrogens with zero attached hydrogens (tertiary/aromatic N) is 1. The number of hydrogen-bond donors (Lipinski definition) is 2. The zero-order chi connectivity index (χ0) is 25.9. The van der Waals surface area contributed by atoms with E-state index in [1.807, 2.05) is 37.3 Å². The van der Waals surface area contributed by atoms with Crippen LogP contribution in [0.2, 0.25) is 0 Å². The largest absolute Gasteiger partial charge is 0.393 e. The Balaban J connectivity index is 1.60. The van der Waals surface area contributed by atoms with E-state index in [-0.39, 0.29) is 24.6 Å². The van der Waals surface area contributed by atoms with Gasteiger partial charge in [-0.1, -0.05) is 42.5 Å². The molecule has 3 atom stereocenters. The van der Waals surface area contributed by atoms with Crippen LogP contribution in [0, 0.1) is 5.82 Å². The van der Waals surface area contributed by atoms with E-state index in [9.17, 15) is 23.4 Å². The molecule has 2 aromatic carbocycles. The number of carbonyl (C=O) groups excluding carboxylic acids is 1. The Morgan fingerprint density at radius 1 is 1.17 bits per heavy atom. The fourth-order valence-corrected chi connectivity index (χ4v) is 7.60. The van der Waals surface area contributed by atoms with E-state index in [2.05, 4.69) is 0 Å². The first kappa shape index (κ1) is 26.9. The maximum absolute atomic E-state index is 15.5. The first-order valence-electron chi connectivity index (χ1n) is 12.4. The van der Waals surface area contributed by atoms with Gasteiger partial charge in [-0.05, 0) is 49.8 Å². The summed E-state index contributed by atoms with van der Waals surface area (Å²) in [5.74, 6) is -1.03. The molecule has 2 fully saturated rings. The van der Waals surface area contributed by atoms with E-state index in [1.54, 1.807) is 12.1 Å². The average Bonchev–Trinajstić information content (AvgIpc) is 2.87. The number of rotatable bonds is 8. The lowest BCUT2D eigenvalue weighted by Gasteiger charge is -2.39. The number of ether oxygens (including phenoxy) is 1. The summed E-state index contributed by atoms with van der Waals surface area (Å²) >= 11 is 0. The lowest BCUT2D eigenvalue weighted by molar-refractivity contribution is -0.131. The number of sulfonamides is 1. The summed E-state index contributed by atoms with van der Waals surface area (Å²) in [6.45, 7) is 1.91. The molecule has 2 aliphatic heterocycles. The minimum Gasteiger partial charge on any atom is -0.393 e. The Morgan fingerprint density at radius 2 is 1.86 bits per heavy atom. The summed E-state index contributed by atoms with van der Waals surface area (Å²) in [5.41, 5.74) is 0.906. The lowest BCUT2D eigenvalue weighted by Crippen LogP contribution is -2.45. The van der Waals surface area contributed by atoms with Crippen LogP contribution in [-0.2, 0) is 31.5 Å². The van der Waals surface area contributed by atoms with Crippen molar-refractivity contribution < 1.29 is 32.6 Å². The number of carbonyl (C=O) groups is 1. The lowest BCUT2D eigenvalue weighted by atomic mass is 9.70. The number of halogens is 1. The summed E-state index contributed by atoms with van der Waals surface area (Å²) in [6, 6.07) is 13.6. The van der Waals surface area contributed by atoms with Crippen LogP contribution in [0.15, 0.2) is 48.5 Å². The molecule has 0 bridgehead atoms. The van der Waals surface area contributed by atoms with Crippen LogP contribution >= 0.6 is 0 Å². The third-order valence-corrected chi connectivity index (χ3v) is 10.1. The van der Waals surface area contributed by atoms with Gasteiger partial charge in [0, 0.05) is 43.2 Å². The van der Waals surface area contributed by atoms with Crippen molar-refractivity contribution in [1.82, 2.24) is 4.31 Å². The molecule has 2 aliphatic rings. The average molecular weight is 520 g/mol. The van der Waals surface area contributed by atoms with Gasteiger partial charge in [0.2, 0.25) is 10.0 Å². The third kappa shape index (κ3) is 5.40. The highest BCUT2D eigenvalue weighted by atomic mass is 32.2. The van der Waals surface area contributed by atoms with E-state index in [1.165, 1.54) is 10.4 Å². The molecule has 2 N–H and O–H groups in total. The van der Waals surface area contributed by atoms with Gasteiger partial charge in [-0.2, -0.15) is 4.31 Å². The fourth-order valence-electron chi connectivity index (χ4n) is 5.41. The van der Waals surface area contributed by atoms with E-state index >= 15 is 4.39 Å². The van der Waals surface area contributed by atoms with Crippen molar-refractivity contribution in [2.24, 2.45) is 0 Å². The molecular formula is C27H34FNO6S. The monoisotopic (exact) mass is 519 g/mol. The smallest absolute Gasteiger partial charge is 0.221 e. The number of aliphatic hydroxyl groups excluding tert-OH is 2. The first-order valence-corrected chi connectivity index (χ1v) is 13.9. The van der Waals surface area contributed by atoms with E-state index < -0.39 is 45.0 Å². The topological polar surface area (TPSA) is 104 Å². The standard InChI is InChI=1S/C27H34FNO6S/c1-19-7-10-26(20-5-3-2-4-6-20)36(33,34)29(19)17-21-8-9-22(15-23(21)28)27(11-13-35-14-12-27)16-24(31)25(32)18-30/h2-6,8-9,15,19,25-26,30,32H,7,10-14,16-18H2,1H3/t19-,25?,26+/m0/s1. The maximum Gasteiger partial charge on any atom is 0.221 e. The van der Waals surface area contributed by atoms with Gasteiger partial charge in [-0.25, -0.2) is 12.8 Å². The Bertz CT molecular complexity index is 1170. The molecule has 0 amide bonds. The molecule has 7 nitrogen and oxygen atoms in total. The van der Waals surface area contributed by atoms with Crippen LogP contribution in [0.1, 0.15) is 61.0 Å². The second kappa shape index (κ2) is 11.1. The molecule has 2 heterocycles. The van der Waals surface area contributed by atoms with E-state index in [0.29, 0.717) is 44.5 Å². The summed E-state index contributed by atoms with van der Waals surface area (Å²) < 4.78 is 49.4. The summed E-state index contributed by atoms with van der Waals surface area (Å²) in [6.07, 6.45) is 0.642. The molecule has 0 radical (unpaired) electrons. The van der Waals surface area contributed by atoms with E-state index in [0.717, 1.165) is 5.56 Å². The van der Waals surface area contributed by atoms with Gasteiger partial charge in [0.1, 0.15) is 17.2 Å². The first-order chi connectivity index (χ1) is 17.2. The Hall–Kier alpha value is -2.17. The van der Waals surface area contributed by atoms with Crippen LogP contribution in [0.5, 0.6) is 0 Å². The molecule has 9 heteroatoms. The van der Waals surface area contributed by atoms with Crippen molar-refractivity contribution in [3.63, 3.8) is 0 Å². The van der Waals surface area contributed by atoms with Crippen LogP contribution in [0.4, 0.5) is 4.39 Å². The SMILES string of the molecule is C[C@H]1CC[C@H](c2ccccc2)S(=O)(=O)N1Cc1ccc(C2(CC(=O)C(O)CO)CCOCC2)cc1F. The Labute approximate surface area is 212 Å². The highest BCUT2D eigenvalue weighted by Crippen LogP contribution is 2.41. The Morgan fingerprint density at radius 3 is 2.50 bits per heavy atom. The van der Waals surface area contributed by atoms with Crippen molar-refractivity contribution in [3.8, 4) is 0 Å². The molecule has 196 valence electrons. The van der Waals surface area contributed by atoms with Gasteiger partial charge >= 0.3 is 0 Å².